The molecule has 2 aromatic rings. The summed E-state index contributed by atoms with van der Waals surface area (Å²) in [5, 5.41) is 6.90. The van der Waals surface area contributed by atoms with Crippen LogP contribution in [0.4, 0.5) is 0 Å². The smallest absolute Gasteiger partial charge is 0.231 e. The highest BCUT2D eigenvalue weighted by atomic mass is 16.5. The predicted molar refractivity (Wildman–Crippen MR) is 109 cm³/mol. The van der Waals surface area contributed by atoms with E-state index in [1.54, 1.807) is 7.11 Å². The van der Waals surface area contributed by atoms with Crippen LogP contribution in [0.15, 0.2) is 54.6 Å². The van der Waals surface area contributed by atoms with Crippen molar-refractivity contribution in [3.8, 4) is 0 Å². The third-order valence-electron chi connectivity index (χ3n) is 7.23. The average Bonchev–Trinajstić information content (AvgIpc) is 3.53. The molecule has 2 fully saturated rings. The predicted octanol–water partition coefficient (Wildman–Crippen LogP) is 3.23. The van der Waals surface area contributed by atoms with Crippen molar-refractivity contribution in [1.29, 1.82) is 0 Å². The lowest BCUT2D eigenvalue weighted by Crippen LogP contribution is -2.50. The third-order valence-corrected chi connectivity index (χ3v) is 7.23. The molecule has 2 atom stereocenters. The van der Waals surface area contributed by atoms with Gasteiger partial charge in [0.2, 0.25) is 5.91 Å². The van der Waals surface area contributed by atoms with E-state index in [0.29, 0.717) is 0 Å². The zero-order valence-corrected chi connectivity index (χ0v) is 16.4. The number of amides is 1. The van der Waals surface area contributed by atoms with Gasteiger partial charge in [-0.3, -0.25) is 4.79 Å². The van der Waals surface area contributed by atoms with Gasteiger partial charge in [0, 0.05) is 12.5 Å². The molecule has 0 bridgehead atoms. The van der Waals surface area contributed by atoms with Crippen molar-refractivity contribution in [2.45, 2.75) is 48.7 Å². The quantitative estimate of drug-likeness (QED) is 0.861. The van der Waals surface area contributed by atoms with E-state index in [-0.39, 0.29) is 28.9 Å². The number of carbonyl (C=O) groups is 1. The number of nitrogens with one attached hydrogen (secondary N) is 2. The first kappa shape index (κ1) is 17.9. The Morgan fingerprint density at radius 2 is 1.68 bits per heavy atom. The number of hydrogen-bond donors (Lipinski definition) is 2. The molecule has 2 aromatic carbocycles. The van der Waals surface area contributed by atoms with E-state index in [9.17, 15) is 4.79 Å². The summed E-state index contributed by atoms with van der Waals surface area (Å²) in [4.78, 5) is 13.4. The van der Waals surface area contributed by atoms with Crippen LogP contribution in [0.2, 0.25) is 0 Å². The lowest BCUT2D eigenvalue weighted by molar-refractivity contribution is -0.125. The van der Waals surface area contributed by atoms with E-state index < -0.39 is 0 Å². The van der Waals surface area contributed by atoms with Gasteiger partial charge in [-0.05, 0) is 55.5 Å². The highest BCUT2D eigenvalue weighted by molar-refractivity contribution is 5.91. The largest absolute Gasteiger partial charge is 0.378 e. The fraction of sp³-hybridized carbons (Fsp3) is 0.458. The van der Waals surface area contributed by atoms with Gasteiger partial charge >= 0.3 is 0 Å². The molecule has 28 heavy (non-hydrogen) atoms. The molecule has 5 rings (SSSR count). The number of hydrogen-bond acceptors (Lipinski definition) is 3. The van der Waals surface area contributed by atoms with E-state index >= 15 is 0 Å². The molecule has 1 saturated carbocycles. The number of fused-ring (bicyclic) bond motifs is 2. The highest BCUT2D eigenvalue weighted by Gasteiger charge is 2.56. The minimum absolute atomic E-state index is 0.0159. The van der Waals surface area contributed by atoms with Gasteiger partial charge in [0.25, 0.3) is 0 Å². The molecular weight excluding hydrogens is 348 g/mol. The molecule has 1 saturated heterocycles. The van der Waals surface area contributed by atoms with Crippen molar-refractivity contribution in [3.05, 3.63) is 71.3 Å². The first-order chi connectivity index (χ1) is 13.7. The van der Waals surface area contributed by atoms with Gasteiger partial charge < -0.3 is 15.4 Å². The summed E-state index contributed by atoms with van der Waals surface area (Å²) in [6, 6.07) is 18.7. The van der Waals surface area contributed by atoms with Crippen LogP contribution >= 0.6 is 0 Å². The van der Waals surface area contributed by atoms with Gasteiger partial charge in [0.05, 0.1) is 17.6 Å². The first-order valence-electron chi connectivity index (χ1n) is 10.4. The van der Waals surface area contributed by atoms with Crippen LogP contribution < -0.4 is 10.6 Å². The molecule has 0 radical (unpaired) electrons. The second-order valence-electron chi connectivity index (χ2n) is 8.55. The van der Waals surface area contributed by atoms with Crippen LogP contribution in [0.25, 0.3) is 0 Å². The van der Waals surface area contributed by atoms with Gasteiger partial charge in [-0.15, -0.1) is 0 Å². The molecular formula is C24H28N2O2. The van der Waals surface area contributed by atoms with E-state index in [1.165, 1.54) is 11.1 Å². The molecule has 146 valence electrons. The maximum Gasteiger partial charge on any atom is 0.231 e. The molecule has 1 heterocycles. The molecule has 2 aliphatic carbocycles. The summed E-state index contributed by atoms with van der Waals surface area (Å²) >= 11 is 0. The monoisotopic (exact) mass is 376 g/mol. The van der Waals surface area contributed by atoms with Crippen LogP contribution in [0.5, 0.6) is 0 Å². The van der Waals surface area contributed by atoms with Crippen molar-refractivity contribution in [1.82, 2.24) is 10.6 Å². The Kier molecular flexibility index (Phi) is 4.29. The van der Waals surface area contributed by atoms with E-state index in [2.05, 4.69) is 47.0 Å². The Bertz CT molecular complexity index is 869. The summed E-state index contributed by atoms with van der Waals surface area (Å²) in [5.74, 6) is 0.145. The Balaban J connectivity index is 1.49. The summed E-state index contributed by atoms with van der Waals surface area (Å²) in [6.45, 7) is 1.98. The summed E-state index contributed by atoms with van der Waals surface area (Å²) in [5.41, 5.74) is 3.34. The van der Waals surface area contributed by atoms with Crippen molar-refractivity contribution in [2.75, 3.05) is 20.2 Å². The lowest BCUT2D eigenvalue weighted by Gasteiger charge is -2.40. The van der Waals surface area contributed by atoms with Crippen molar-refractivity contribution in [3.63, 3.8) is 0 Å². The van der Waals surface area contributed by atoms with E-state index in [1.807, 2.05) is 18.2 Å². The second kappa shape index (κ2) is 6.71. The fourth-order valence-corrected chi connectivity index (χ4v) is 5.61. The third kappa shape index (κ3) is 2.55. The van der Waals surface area contributed by atoms with Gasteiger partial charge in [0.1, 0.15) is 0 Å². The SMILES string of the molecule is CO[C@@H]1[C@@H](NC(=O)C2(c3ccccc3)CC2)c2ccccc2C12CCNCC2. The van der Waals surface area contributed by atoms with Crippen molar-refractivity contribution in [2.24, 2.45) is 0 Å². The van der Waals surface area contributed by atoms with Gasteiger partial charge in [-0.2, -0.15) is 0 Å². The number of rotatable bonds is 4. The van der Waals surface area contributed by atoms with Gasteiger partial charge in [0.15, 0.2) is 0 Å². The van der Waals surface area contributed by atoms with Crippen LogP contribution in [-0.4, -0.2) is 32.2 Å². The Morgan fingerprint density at radius 3 is 2.36 bits per heavy atom. The molecule has 3 aliphatic rings. The number of carbonyl (C=O) groups excluding carboxylic acids is 1. The minimum atomic E-state index is -0.363. The molecule has 0 unspecified atom stereocenters. The number of ether oxygens (including phenoxy) is 1. The fourth-order valence-electron chi connectivity index (χ4n) is 5.61. The van der Waals surface area contributed by atoms with Crippen LogP contribution in [0.1, 0.15) is 48.4 Å². The zero-order chi connectivity index (χ0) is 19.2. The molecule has 1 aliphatic heterocycles. The Morgan fingerprint density at radius 1 is 1.00 bits per heavy atom. The summed E-state index contributed by atoms with van der Waals surface area (Å²) in [7, 11) is 1.80. The van der Waals surface area contributed by atoms with E-state index in [0.717, 1.165) is 44.3 Å². The Hall–Kier alpha value is -2.17. The standard InChI is InChI=1S/C24H28N2O2/c1-28-21-20(26-22(27)23(11-12-23)17-7-3-2-4-8-17)18-9-5-6-10-19(18)24(21)13-15-25-16-14-24/h2-10,20-21,25H,11-16H2,1H3,(H,26,27)/t20-,21+/m0/s1. The lowest BCUT2D eigenvalue weighted by atomic mass is 9.72. The van der Waals surface area contributed by atoms with Crippen molar-refractivity contribution < 1.29 is 9.53 Å². The zero-order valence-electron chi connectivity index (χ0n) is 16.4. The molecule has 4 nitrogen and oxygen atoms in total. The summed E-state index contributed by atoms with van der Waals surface area (Å²) in [6.07, 6.45) is 3.90. The average molecular weight is 377 g/mol. The molecule has 4 heteroatoms. The van der Waals surface area contributed by atoms with Gasteiger partial charge in [-0.25, -0.2) is 0 Å². The topological polar surface area (TPSA) is 50.4 Å². The molecule has 0 aromatic heterocycles. The van der Waals surface area contributed by atoms with E-state index in [4.69, 9.17) is 4.74 Å². The van der Waals surface area contributed by atoms with Crippen LogP contribution in [-0.2, 0) is 20.4 Å². The van der Waals surface area contributed by atoms with Crippen LogP contribution in [0.3, 0.4) is 0 Å². The number of methoxy groups -OCH3 is 1. The van der Waals surface area contributed by atoms with Gasteiger partial charge in [-0.1, -0.05) is 54.6 Å². The highest BCUT2D eigenvalue weighted by Crippen LogP contribution is 2.53. The second-order valence-corrected chi connectivity index (χ2v) is 8.55. The minimum Gasteiger partial charge on any atom is -0.378 e. The molecule has 2 N–H and O–H groups in total. The number of benzene rings is 2. The molecule has 1 spiro atoms. The normalized spacial score (nSPS) is 26.6. The summed E-state index contributed by atoms with van der Waals surface area (Å²) < 4.78 is 6.10. The number of piperidine rings is 1. The maximum absolute atomic E-state index is 13.4. The van der Waals surface area contributed by atoms with Crippen molar-refractivity contribution >= 4 is 5.91 Å². The Labute approximate surface area is 166 Å². The van der Waals surface area contributed by atoms with Crippen LogP contribution in [0, 0.1) is 0 Å². The first-order valence-corrected chi connectivity index (χ1v) is 10.4. The maximum atomic E-state index is 13.4. The molecule has 1 amide bonds.